The lowest BCUT2D eigenvalue weighted by atomic mass is 9.98. The fourth-order valence-electron chi connectivity index (χ4n) is 3.17. The molecular weight excluding hydrogens is 236 g/mol. The average molecular weight is 260 g/mol. The first-order chi connectivity index (χ1) is 9.36. The van der Waals surface area contributed by atoms with Crippen molar-refractivity contribution in [1.82, 2.24) is 4.90 Å². The summed E-state index contributed by atoms with van der Waals surface area (Å²) in [6.45, 7) is 9.68. The van der Waals surface area contributed by atoms with Crippen LogP contribution in [0.3, 0.4) is 0 Å². The number of anilines is 1. The molecule has 104 valence electrons. The molecule has 0 N–H and O–H groups in total. The van der Waals surface area contributed by atoms with Crippen LogP contribution in [-0.2, 0) is 4.74 Å². The van der Waals surface area contributed by atoms with Gasteiger partial charge in [0.2, 0.25) is 0 Å². The molecule has 0 amide bonds. The molecule has 0 bridgehead atoms. The van der Waals surface area contributed by atoms with Gasteiger partial charge in [0, 0.05) is 25.3 Å². The Bertz CT molecular complexity index is 398. The summed E-state index contributed by atoms with van der Waals surface area (Å²) in [6.07, 6.45) is 1.31. The molecule has 3 heteroatoms. The molecule has 1 unspecified atom stereocenters. The lowest BCUT2D eigenvalue weighted by molar-refractivity contribution is 0.122. The summed E-state index contributed by atoms with van der Waals surface area (Å²) >= 11 is 0. The number of likely N-dealkylation sites (N-methyl/N-ethyl adjacent to an activating group) is 1. The second-order valence-corrected chi connectivity index (χ2v) is 5.57. The number of likely N-dealkylation sites (tertiary alicyclic amines) is 1. The fourth-order valence-corrected chi connectivity index (χ4v) is 3.17. The van der Waals surface area contributed by atoms with Gasteiger partial charge in [-0.15, -0.1) is 0 Å². The smallest absolute Gasteiger partial charge is 0.0642 e. The van der Waals surface area contributed by atoms with Gasteiger partial charge in [-0.3, -0.25) is 0 Å². The van der Waals surface area contributed by atoms with E-state index >= 15 is 0 Å². The molecule has 1 atom stereocenters. The molecular formula is C16H24N2O. The van der Waals surface area contributed by atoms with Gasteiger partial charge in [0.25, 0.3) is 0 Å². The highest BCUT2D eigenvalue weighted by Gasteiger charge is 2.22. The summed E-state index contributed by atoms with van der Waals surface area (Å²) in [5.74, 6) is 0.735. The van der Waals surface area contributed by atoms with Crippen LogP contribution in [0.5, 0.6) is 0 Å². The van der Waals surface area contributed by atoms with E-state index in [1.165, 1.54) is 37.3 Å². The maximum Gasteiger partial charge on any atom is 0.0642 e. The van der Waals surface area contributed by atoms with Crippen molar-refractivity contribution in [2.24, 2.45) is 0 Å². The third kappa shape index (κ3) is 2.93. The Kier molecular flexibility index (Phi) is 4.04. The molecule has 0 aromatic heterocycles. The highest BCUT2D eigenvalue weighted by Crippen LogP contribution is 2.28. The standard InChI is InChI=1S/C16H24N2O/c1-2-17-8-7-15(13-17)14-3-5-16(6-4-14)18-9-11-19-12-10-18/h3-6,15H,2,7-13H2,1H3. The van der Waals surface area contributed by atoms with Gasteiger partial charge in [-0.25, -0.2) is 0 Å². The Morgan fingerprint density at radius 1 is 1.11 bits per heavy atom. The number of nitrogens with zero attached hydrogens (tertiary/aromatic N) is 2. The molecule has 2 heterocycles. The number of ether oxygens (including phenoxy) is 1. The predicted octanol–water partition coefficient (Wildman–Crippen LogP) is 2.33. The summed E-state index contributed by atoms with van der Waals surface area (Å²) in [4.78, 5) is 4.96. The van der Waals surface area contributed by atoms with Crippen molar-refractivity contribution in [3.05, 3.63) is 29.8 Å². The molecule has 1 aromatic carbocycles. The number of benzene rings is 1. The van der Waals surface area contributed by atoms with Crippen molar-refractivity contribution in [2.75, 3.05) is 50.8 Å². The minimum atomic E-state index is 0.735. The third-order valence-electron chi connectivity index (χ3n) is 4.46. The van der Waals surface area contributed by atoms with E-state index in [1.807, 2.05) is 0 Å². The van der Waals surface area contributed by atoms with Crippen LogP contribution in [0.2, 0.25) is 0 Å². The summed E-state index contributed by atoms with van der Waals surface area (Å²) in [5, 5.41) is 0. The molecule has 0 radical (unpaired) electrons. The number of hydrogen-bond donors (Lipinski definition) is 0. The zero-order valence-electron chi connectivity index (χ0n) is 11.8. The van der Waals surface area contributed by atoms with E-state index in [-0.39, 0.29) is 0 Å². The summed E-state index contributed by atoms with van der Waals surface area (Å²) < 4.78 is 5.40. The monoisotopic (exact) mass is 260 g/mol. The highest BCUT2D eigenvalue weighted by molar-refractivity contribution is 5.48. The predicted molar refractivity (Wildman–Crippen MR) is 78.9 cm³/mol. The molecule has 2 aliphatic rings. The SMILES string of the molecule is CCN1CCC(c2ccc(N3CCOCC3)cc2)C1. The molecule has 0 spiro atoms. The topological polar surface area (TPSA) is 15.7 Å². The number of morpholine rings is 1. The first-order valence-corrected chi connectivity index (χ1v) is 7.52. The van der Waals surface area contributed by atoms with Crippen molar-refractivity contribution >= 4 is 5.69 Å². The Labute approximate surface area is 116 Å². The van der Waals surface area contributed by atoms with E-state index in [1.54, 1.807) is 0 Å². The lowest BCUT2D eigenvalue weighted by Gasteiger charge is -2.29. The Morgan fingerprint density at radius 3 is 2.47 bits per heavy atom. The second-order valence-electron chi connectivity index (χ2n) is 5.57. The quantitative estimate of drug-likeness (QED) is 0.829. The molecule has 19 heavy (non-hydrogen) atoms. The zero-order chi connectivity index (χ0) is 13.1. The van der Waals surface area contributed by atoms with E-state index in [0.717, 1.165) is 32.2 Å². The van der Waals surface area contributed by atoms with E-state index in [4.69, 9.17) is 4.74 Å². The molecule has 0 saturated carbocycles. The molecule has 3 rings (SSSR count). The molecule has 2 fully saturated rings. The van der Waals surface area contributed by atoms with Gasteiger partial charge in [-0.1, -0.05) is 19.1 Å². The molecule has 2 aliphatic heterocycles. The fraction of sp³-hybridized carbons (Fsp3) is 0.625. The summed E-state index contributed by atoms with van der Waals surface area (Å²) in [5.41, 5.74) is 2.85. The minimum absolute atomic E-state index is 0.735. The molecule has 0 aliphatic carbocycles. The summed E-state index contributed by atoms with van der Waals surface area (Å²) in [6, 6.07) is 9.23. The van der Waals surface area contributed by atoms with E-state index in [0.29, 0.717) is 0 Å². The van der Waals surface area contributed by atoms with Gasteiger partial charge in [0.15, 0.2) is 0 Å². The highest BCUT2D eigenvalue weighted by atomic mass is 16.5. The average Bonchev–Trinajstić information content (AvgIpc) is 2.97. The summed E-state index contributed by atoms with van der Waals surface area (Å²) in [7, 11) is 0. The maximum absolute atomic E-state index is 5.40. The van der Waals surface area contributed by atoms with Crippen molar-refractivity contribution in [3.63, 3.8) is 0 Å². The Hall–Kier alpha value is -1.06. The van der Waals surface area contributed by atoms with Crippen molar-refractivity contribution in [2.45, 2.75) is 19.3 Å². The van der Waals surface area contributed by atoms with Crippen LogP contribution in [0, 0.1) is 0 Å². The van der Waals surface area contributed by atoms with E-state index < -0.39 is 0 Å². The molecule has 1 aromatic rings. The minimum Gasteiger partial charge on any atom is -0.378 e. The first kappa shape index (κ1) is 12.9. The van der Waals surface area contributed by atoms with Gasteiger partial charge in [-0.05, 0) is 43.1 Å². The van der Waals surface area contributed by atoms with Crippen LogP contribution in [0.1, 0.15) is 24.8 Å². The van der Waals surface area contributed by atoms with Crippen molar-refractivity contribution < 1.29 is 4.74 Å². The second kappa shape index (κ2) is 5.93. The first-order valence-electron chi connectivity index (χ1n) is 7.52. The van der Waals surface area contributed by atoms with Crippen LogP contribution in [-0.4, -0.2) is 50.8 Å². The normalized spacial score (nSPS) is 24.9. The lowest BCUT2D eigenvalue weighted by Crippen LogP contribution is -2.36. The third-order valence-corrected chi connectivity index (χ3v) is 4.46. The van der Waals surface area contributed by atoms with Gasteiger partial charge >= 0.3 is 0 Å². The van der Waals surface area contributed by atoms with Crippen LogP contribution < -0.4 is 4.90 Å². The molecule has 2 saturated heterocycles. The largest absolute Gasteiger partial charge is 0.378 e. The van der Waals surface area contributed by atoms with Crippen molar-refractivity contribution in [1.29, 1.82) is 0 Å². The van der Waals surface area contributed by atoms with E-state index in [2.05, 4.69) is 41.0 Å². The van der Waals surface area contributed by atoms with Crippen LogP contribution in [0.25, 0.3) is 0 Å². The van der Waals surface area contributed by atoms with Crippen LogP contribution in [0.4, 0.5) is 5.69 Å². The van der Waals surface area contributed by atoms with Gasteiger partial charge in [-0.2, -0.15) is 0 Å². The van der Waals surface area contributed by atoms with Gasteiger partial charge in [0.1, 0.15) is 0 Å². The Morgan fingerprint density at radius 2 is 1.84 bits per heavy atom. The van der Waals surface area contributed by atoms with Gasteiger partial charge < -0.3 is 14.5 Å². The van der Waals surface area contributed by atoms with Gasteiger partial charge in [0.05, 0.1) is 13.2 Å². The number of hydrogen-bond acceptors (Lipinski definition) is 3. The van der Waals surface area contributed by atoms with Crippen molar-refractivity contribution in [3.8, 4) is 0 Å². The zero-order valence-corrected chi connectivity index (χ0v) is 11.8. The van der Waals surface area contributed by atoms with Crippen LogP contribution in [0.15, 0.2) is 24.3 Å². The Balaban J connectivity index is 1.65. The van der Waals surface area contributed by atoms with Crippen LogP contribution >= 0.6 is 0 Å². The maximum atomic E-state index is 5.40. The molecule has 3 nitrogen and oxygen atoms in total. The number of rotatable bonds is 3. The van der Waals surface area contributed by atoms with E-state index in [9.17, 15) is 0 Å².